The van der Waals surface area contributed by atoms with Crippen molar-refractivity contribution >= 4 is 0 Å². The largest absolute Gasteiger partial charge is 0.497 e. The molecule has 1 aliphatic carbocycles. The maximum Gasteiger partial charge on any atom is 0.167 e. The van der Waals surface area contributed by atoms with Gasteiger partial charge in [-0.1, -0.05) is 6.07 Å². The predicted molar refractivity (Wildman–Crippen MR) is 72.4 cm³/mol. The van der Waals surface area contributed by atoms with E-state index in [1.807, 2.05) is 6.07 Å². The first-order valence-corrected chi connectivity index (χ1v) is 6.55. The molecule has 0 amide bonds. The highest BCUT2D eigenvalue weighted by Gasteiger charge is 2.33. The van der Waals surface area contributed by atoms with Crippen molar-refractivity contribution in [2.24, 2.45) is 0 Å². The number of hydrogen-bond acceptors (Lipinski definition) is 3. The molecule has 1 aliphatic rings. The van der Waals surface area contributed by atoms with Crippen LogP contribution >= 0.6 is 0 Å². The SMILES string of the molecule is COc1ccc2c(c1)C(O)C(Oc1ccc(F)cc1F)C2. The minimum Gasteiger partial charge on any atom is -0.497 e. The molecule has 3 rings (SSSR count). The van der Waals surface area contributed by atoms with Gasteiger partial charge in [0.2, 0.25) is 0 Å². The average molecular weight is 292 g/mol. The molecule has 2 aromatic carbocycles. The number of benzene rings is 2. The van der Waals surface area contributed by atoms with Gasteiger partial charge in [0.15, 0.2) is 11.6 Å². The Bertz CT molecular complexity index is 673. The van der Waals surface area contributed by atoms with Crippen molar-refractivity contribution in [2.75, 3.05) is 7.11 Å². The lowest BCUT2D eigenvalue weighted by atomic mass is 10.1. The van der Waals surface area contributed by atoms with Crippen LogP contribution in [-0.2, 0) is 6.42 Å². The van der Waals surface area contributed by atoms with Crippen LogP contribution in [-0.4, -0.2) is 18.3 Å². The van der Waals surface area contributed by atoms with Gasteiger partial charge in [-0.2, -0.15) is 0 Å². The highest BCUT2D eigenvalue weighted by Crippen LogP contribution is 2.36. The third-order valence-electron chi connectivity index (χ3n) is 3.62. The molecule has 0 heterocycles. The van der Waals surface area contributed by atoms with Crippen molar-refractivity contribution in [1.82, 2.24) is 0 Å². The monoisotopic (exact) mass is 292 g/mol. The summed E-state index contributed by atoms with van der Waals surface area (Å²) < 4.78 is 37.1. The summed E-state index contributed by atoms with van der Waals surface area (Å²) in [6.07, 6.45) is -1.02. The number of methoxy groups -OCH3 is 1. The maximum absolute atomic E-state index is 13.6. The Morgan fingerprint density at radius 1 is 1.14 bits per heavy atom. The summed E-state index contributed by atoms with van der Waals surface area (Å²) in [5, 5.41) is 10.3. The first kappa shape index (κ1) is 13.8. The van der Waals surface area contributed by atoms with E-state index in [-0.39, 0.29) is 5.75 Å². The first-order chi connectivity index (χ1) is 10.1. The summed E-state index contributed by atoms with van der Waals surface area (Å²) in [6.45, 7) is 0. The molecular weight excluding hydrogens is 278 g/mol. The number of aliphatic hydroxyl groups excluding tert-OH is 1. The van der Waals surface area contributed by atoms with Gasteiger partial charge in [0.1, 0.15) is 23.8 Å². The third kappa shape index (κ3) is 2.56. The van der Waals surface area contributed by atoms with Crippen LogP contribution in [0.1, 0.15) is 17.2 Å². The molecule has 1 N–H and O–H groups in total. The van der Waals surface area contributed by atoms with Crippen molar-refractivity contribution < 1.29 is 23.4 Å². The molecule has 0 fully saturated rings. The van der Waals surface area contributed by atoms with Crippen molar-refractivity contribution in [2.45, 2.75) is 18.6 Å². The van der Waals surface area contributed by atoms with Gasteiger partial charge in [-0.25, -0.2) is 8.78 Å². The zero-order chi connectivity index (χ0) is 15.0. The Kier molecular flexibility index (Phi) is 3.51. The highest BCUT2D eigenvalue weighted by atomic mass is 19.1. The first-order valence-electron chi connectivity index (χ1n) is 6.55. The summed E-state index contributed by atoms with van der Waals surface area (Å²) in [5.41, 5.74) is 1.64. The molecular formula is C16H14F2O3. The Labute approximate surface area is 120 Å². The fourth-order valence-corrected chi connectivity index (χ4v) is 2.53. The van der Waals surface area contributed by atoms with Gasteiger partial charge in [0.05, 0.1) is 7.11 Å². The lowest BCUT2D eigenvalue weighted by Crippen LogP contribution is -2.22. The van der Waals surface area contributed by atoms with E-state index in [0.717, 1.165) is 17.7 Å². The van der Waals surface area contributed by atoms with Gasteiger partial charge in [-0.15, -0.1) is 0 Å². The van der Waals surface area contributed by atoms with E-state index in [1.165, 1.54) is 6.07 Å². The molecule has 0 aromatic heterocycles. The Morgan fingerprint density at radius 3 is 2.67 bits per heavy atom. The molecule has 5 heteroatoms. The summed E-state index contributed by atoms with van der Waals surface area (Å²) >= 11 is 0. The zero-order valence-electron chi connectivity index (χ0n) is 11.3. The molecule has 0 aliphatic heterocycles. The van der Waals surface area contributed by atoms with Crippen LogP contribution in [0.4, 0.5) is 8.78 Å². The van der Waals surface area contributed by atoms with Gasteiger partial charge in [-0.05, 0) is 35.4 Å². The van der Waals surface area contributed by atoms with Crippen LogP contribution in [0.2, 0.25) is 0 Å². The number of fused-ring (bicyclic) bond motifs is 1. The Balaban J connectivity index is 1.82. The Morgan fingerprint density at radius 2 is 1.95 bits per heavy atom. The quantitative estimate of drug-likeness (QED) is 0.945. The van der Waals surface area contributed by atoms with Crippen LogP contribution in [0, 0.1) is 11.6 Å². The number of aliphatic hydroxyl groups is 1. The molecule has 21 heavy (non-hydrogen) atoms. The molecule has 0 bridgehead atoms. The summed E-state index contributed by atoms with van der Waals surface area (Å²) in [4.78, 5) is 0. The number of halogens is 2. The molecule has 2 aromatic rings. The second-order valence-electron chi connectivity index (χ2n) is 4.94. The molecule has 3 nitrogen and oxygen atoms in total. The van der Waals surface area contributed by atoms with Gasteiger partial charge in [-0.3, -0.25) is 0 Å². The lowest BCUT2D eigenvalue weighted by molar-refractivity contribution is 0.0468. The molecule has 0 spiro atoms. The van der Waals surface area contributed by atoms with E-state index in [1.54, 1.807) is 19.2 Å². The van der Waals surface area contributed by atoms with Gasteiger partial charge < -0.3 is 14.6 Å². The predicted octanol–water partition coefficient (Wildman–Crippen LogP) is 3.01. The molecule has 110 valence electrons. The number of ether oxygens (including phenoxy) is 2. The average Bonchev–Trinajstić information content (AvgIpc) is 2.78. The standard InChI is InChI=1S/C16H14F2O3/c1-20-11-4-2-9-6-15(16(19)12(9)8-11)21-14-5-3-10(17)7-13(14)18/h2-5,7-8,15-16,19H,6H2,1H3. The van der Waals surface area contributed by atoms with Crippen LogP contribution in [0.5, 0.6) is 11.5 Å². The van der Waals surface area contributed by atoms with Crippen LogP contribution in [0.25, 0.3) is 0 Å². The van der Waals surface area contributed by atoms with E-state index in [2.05, 4.69) is 0 Å². The number of hydrogen-bond donors (Lipinski definition) is 1. The minimum atomic E-state index is -0.875. The fraction of sp³-hybridized carbons (Fsp3) is 0.250. The highest BCUT2D eigenvalue weighted by molar-refractivity contribution is 5.42. The molecule has 0 saturated carbocycles. The minimum absolute atomic E-state index is 0.0692. The van der Waals surface area contributed by atoms with Gasteiger partial charge in [0.25, 0.3) is 0 Å². The summed E-state index contributed by atoms with van der Waals surface area (Å²) in [7, 11) is 1.55. The topological polar surface area (TPSA) is 38.7 Å². The van der Waals surface area contributed by atoms with Crippen LogP contribution in [0.15, 0.2) is 36.4 Å². The van der Waals surface area contributed by atoms with Crippen molar-refractivity contribution in [1.29, 1.82) is 0 Å². The van der Waals surface area contributed by atoms with E-state index in [0.29, 0.717) is 17.7 Å². The maximum atomic E-state index is 13.6. The van der Waals surface area contributed by atoms with Gasteiger partial charge >= 0.3 is 0 Å². The van der Waals surface area contributed by atoms with E-state index < -0.39 is 23.8 Å². The van der Waals surface area contributed by atoms with Gasteiger partial charge in [0, 0.05) is 12.5 Å². The fourth-order valence-electron chi connectivity index (χ4n) is 2.53. The lowest BCUT2D eigenvalue weighted by Gasteiger charge is -2.18. The van der Waals surface area contributed by atoms with Crippen molar-refractivity contribution in [3.05, 3.63) is 59.2 Å². The summed E-state index contributed by atoms with van der Waals surface area (Å²) in [5.74, 6) is -0.878. The van der Waals surface area contributed by atoms with Crippen molar-refractivity contribution in [3.63, 3.8) is 0 Å². The zero-order valence-corrected chi connectivity index (χ0v) is 11.3. The van der Waals surface area contributed by atoms with Crippen LogP contribution in [0.3, 0.4) is 0 Å². The molecule has 0 saturated heterocycles. The molecule has 2 unspecified atom stereocenters. The third-order valence-corrected chi connectivity index (χ3v) is 3.62. The van der Waals surface area contributed by atoms with E-state index in [9.17, 15) is 13.9 Å². The molecule has 2 atom stereocenters. The normalized spacial score (nSPS) is 20.2. The smallest absolute Gasteiger partial charge is 0.167 e. The Hall–Kier alpha value is -2.14. The summed E-state index contributed by atoms with van der Waals surface area (Å²) in [6, 6.07) is 8.49. The second-order valence-corrected chi connectivity index (χ2v) is 4.94. The molecule has 0 radical (unpaired) electrons. The number of rotatable bonds is 3. The van der Waals surface area contributed by atoms with E-state index >= 15 is 0 Å². The second kappa shape index (κ2) is 5.33. The van der Waals surface area contributed by atoms with Crippen LogP contribution < -0.4 is 9.47 Å². The van der Waals surface area contributed by atoms with E-state index in [4.69, 9.17) is 9.47 Å². The van der Waals surface area contributed by atoms with Crippen molar-refractivity contribution in [3.8, 4) is 11.5 Å².